The van der Waals surface area contributed by atoms with E-state index in [1.54, 1.807) is 12.4 Å². The third-order valence-corrected chi connectivity index (χ3v) is 5.92. The molecule has 0 fully saturated rings. The molecule has 0 bridgehead atoms. The third kappa shape index (κ3) is 5.55. The van der Waals surface area contributed by atoms with Crippen LogP contribution in [0.2, 0.25) is 0 Å². The number of esters is 2. The fraction of sp³-hybridized carbons (Fsp3) is 0.133. The molecule has 0 saturated carbocycles. The van der Waals surface area contributed by atoms with Crippen molar-refractivity contribution < 1.29 is 19.1 Å². The van der Waals surface area contributed by atoms with Crippen LogP contribution < -0.4 is 0 Å². The molecule has 0 amide bonds. The van der Waals surface area contributed by atoms with Crippen LogP contribution in [0.5, 0.6) is 0 Å². The lowest BCUT2D eigenvalue weighted by atomic mass is 10.1. The van der Waals surface area contributed by atoms with Crippen molar-refractivity contribution >= 4 is 33.7 Å². The van der Waals surface area contributed by atoms with E-state index >= 15 is 0 Å². The van der Waals surface area contributed by atoms with Crippen LogP contribution in [0.3, 0.4) is 0 Å². The molecule has 2 heterocycles. The predicted molar refractivity (Wildman–Crippen MR) is 137 cm³/mol. The molecule has 0 aliphatic carbocycles. The van der Waals surface area contributed by atoms with E-state index in [1.807, 2.05) is 84.9 Å². The van der Waals surface area contributed by atoms with Gasteiger partial charge in [0.15, 0.2) is 0 Å². The van der Waals surface area contributed by atoms with Gasteiger partial charge < -0.3 is 9.47 Å². The molecule has 0 atom stereocenters. The highest BCUT2D eigenvalue weighted by Gasteiger charge is 2.11. The van der Waals surface area contributed by atoms with Crippen molar-refractivity contribution in [2.24, 2.45) is 0 Å². The Morgan fingerprint density at radius 2 is 0.972 bits per heavy atom. The summed E-state index contributed by atoms with van der Waals surface area (Å²) in [4.78, 5) is 33.6. The van der Waals surface area contributed by atoms with Gasteiger partial charge in [-0.1, -0.05) is 72.8 Å². The minimum absolute atomic E-state index is 0.161. The second-order valence-corrected chi connectivity index (χ2v) is 8.48. The number of benzene rings is 3. The molecular formula is C30H24N2O4. The number of carbonyl (C=O) groups excluding carboxylic acids is 2. The van der Waals surface area contributed by atoms with Crippen molar-refractivity contribution in [2.45, 2.75) is 26.1 Å². The Bertz CT molecular complexity index is 1400. The van der Waals surface area contributed by atoms with Crippen LogP contribution in [0.15, 0.2) is 97.3 Å². The standard InChI is InChI=1S/C30H24N2O4/c33-27(17-25-7-1-5-23-9-3-15-31-29(23)25)35-19-21-11-13-22(14-12-21)20-36-28(34)18-26-8-2-6-24-10-4-16-32-30(24)26/h1-16H,17-20H2. The molecule has 0 N–H and O–H groups in total. The molecule has 36 heavy (non-hydrogen) atoms. The van der Waals surface area contributed by atoms with Gasteiger partial charge in [0.2, 0.25) is 0 Å². The first-order valence-corrected chi connectivity index (χ1v) is 11.7. The molecule has 2 aromatic heterocycles. The summed E-state index contributed by atoms with van der Waals surface area (Å²) in [6.45, 7) is 0.344. The van der Waals surface area contributed by atoms with Gasteiger partial charge in [0.05, 0.1) is 23.9 Å². The molecule has 5 aromatic rings. The normalized spacial score (nSPS) is 10.9. The lowest BCUT2D eigenvalue weighted by molar-refractivity contribution is -0.145. The maximum Gasteiger partial charge on any atom is 0.310 e. The maximum atomic E-state index is 12.4. The zero-order valence-corrected chi connectivity index (χ0v) is 19.6. The number of para-hydroxylation sites is 2. The molecule has 0 aliphatic heterocycles. The van der Waals surface area contributed by atoms with Gasteiger partial charge in [-0.2, -0.15) is 0 Å². The van der Waals surface area contributed by atoms with Crippen molar-refractivity contribution in [3.63, 3.8) is 0 Å². The largest absolute Gasteiger partial charge is 0.461 e. The van der Waals surface area contributed by atoms with Crippen molar-refractivity contribution in [1.29, 1.82) is 0 Å². The zero-order valence-electron chi connectivity index (χ0n) is 19.6. The van der Waals surface area contributed by atoms with E-state index in [0.29, 0.717) is 0 Å². The Morgan fingerprint density at radius 3 is 1.42 bits per heavy atom. The lowest BCUT2D eigenvalue weighted by Crippen LogP contribution is -2.09. The van der Waals surface area contributed by atoms with Crippen molar-refractivity contribution in [2.75, 3.05) is 0 Å². The quantitative estimate of drug-likeness (QED) is 0.281. The fourth-order valence-corrected chi connectivity index (χ4v) is 4.09. The summed E-state index contributed by atoms with van der Waals surface area (Å²) in [5.74, 6) is -0.622. The molecule has 0 spiro atoms. The first kappa shape index (κ1) is 23.2. The fourth-order valence-electron chi connectivity index (χ4n) is 4.09. The topological polar surface area (TPSA) is 78.4 Å². The van der Waals surface area contributed by atoms with Crippen molar-refractivity contribution in [1.82, 2.24) is 9.97 Å². The summed E-state index contributed by atoms with van der Waals surface area (Å²) in [7, 11) is 0. The monoisotopic (exact) mass is 476 g/mol. The predicted octanol–water partition coefficient (Wildman–Crippen LogP) is 5.35. The smallest absolute Gasteiger partial charge is 0.310 e. The summed E-state index contributed by atoms with van der Waals surface area (Å²) < 4.78 is 10.9. The lowest BCUT2D eigenvalue weighted by Gasteiger charge is -2.09. The molecule has 6 nitrogen and oxygen atoms in total. The van der Waals surface area contributed by atoms with Gasteiger partial charge >= 0.3 is 11.9 Å². The zero-order chi connectivity index (χ0) is 24.7. The average Bonchev–Trinajstić information content (AvgIpc) is 2.92. The highest BCUT2D eigenvalue weighted by atomic mass is 16.5. The number of nitrogens with zero attached hydrogens (tertiary/aromatic N) is 2. The number of rotatable bonds is 8. The molecule has 0 saturated heterocycles. The number of carbonyl (C=O) groups is 2. The van der Waals surface area contributed by atoms with E-state index in [-0.39, 0.29) is 38.0 Å². The van der Waals surface area contributed by atoms with Gasteiger partial charge in [0.1, 0.15) is 13.2 Å². The summed E-state index contributed by atoms with van der Waals surface area (Å²) >= 11 is 0. The van der Waals surface area contributed by atoms with E-state index in [2.05, 4.69) is 9.97 Å². The number of fused-ring (bicyclic) bond motifs is 2. The van der Waals surface area contributed by atoms with Crippen LogP contribution >= 0.6 is 0 Å². The van der Waals surface area contributed by atoms with Crippen molar-refractivity contribution in [3.05, 3.63) is 120 Å². The highest BCUT2D eigenvalue weighted by Crippen LogP contribution is 2.18. The van der Waals surface area contributed by atoms with E-state index in [1.165, 1.54) is 0 Å². The van der Waals surface area contributed by atoms with E-state index in [4.69, 9.17) is 9.47 Å². The SMILES string of the molecule is O=C(Cc1cccc2cccnc12)OCc1ccc(COC(=O)Cc2cccc3cccnc23)cc1. The van der Waals surface area contributed by atoms with Gasteiger partial charge in [0, 0.05) is 23.2 Å². The van der Waals surface area contributed by atoms with E-state index in [0.717, 1.165) is 44.1 Å². The summed E-state index contributed by atoms with van der Waals surface area (Å²) in [5, 5.41) is 1.99. The Balaban J connectivity index is 1.11. The molecule has 0 radical (unpaired) electrons. The van der Waals surface area contributed by atoms with Gasteiger partial charge in [0.25, 0.3) is 0 Å². The first-order valence-electron chi connectivity index (χ1n) is 11.7. The number of pyridine rings is 2. The second-order valence-electron chi connectivity index (χ2n) is 8.48. The van der Waals surface area contributed by atoms with E-state index < -0.39 is 0 Å². The summed E-state index contributed by atoms with van der Waals surface area (Å²) in [6.07, 6.45) is 3.76. The van der Waals surface area contributed by atoms with Gasteiger partial charge in [-0.3, -0.25) is 19.6 Å². The molecule has 0 unspecified atom stereocenters. The van der Waals surface area contributed by atoms with Crippen LogP contribution in [0.1, 0.15) is 22.3 Å². The highest BCUT2D eigenvalue weighted by molar-refractivity contribution is 5.86. The average molecular weight is 477 g/mol. The van der Waals surface area contributed by atoms with Crippen LogP contribution in [0.25, 0.3) is 21.8 Å². The molecule has 178 valence electrons. The van der Waals surface area contributed by atoms with Gasteiger partial charge in [-0.05, 0) is 34.4 Å². The Hall–Kier alpha value is -4.58. The molecule has 6 heteroatoms. The van der Waals surface area contributed by atoms with Gasteiger partial charge in [-0.25, -0.2) is 0 Å². The van der Waals surface area contributed by atoms with Crippen LogP contribution in [-0.4, -0.2) is 21.9 Å². The minimum atomic E-state index is -0.311. The first-order chi connectivity index (χ1) is 17.7. The molecule has 3 aromatic carbocycles. The van der Waals surface area contributed by atoms with Gasteiger partial charge in [-0.15, -0.1) is 0 Å². The summed E-state index contributed by atoms with van der Waals surface area (Å²) in [6, 6.07) is 26.7. The number of hydrogen-bond donors (Lipinski definition) is 0. The van der Waals surface area contributed by atoms with Crippen LogP contribution in [0.4, 0.5) is 0 Å². The number of hydrogen-bond acceptors (Lipinski definition) is 6. The minimum Gasteiger partial charge on any atom is -0.461 e. The Morgan fingerprint density at radius 1 is 0.556 bits per heavy atom. The number of ether oxygens (including phenoxy) is 2. The van der Waals surface area contributed by atoms with E-state index in [9.17, 15) is 9.59 Å². The van der Waals surface area contributed by atoms with Crippen LogP contribution in [-0.2, 0) is 45.1 Å². The molecule has 0 aliphatic rings. The summed E-state index contributed by atoms with van der Waals surface area (Å²) in [5.41, 5.74) is 5.02. The Kier molecular flexibility index (Phi) is 6.94. The number of aromatic nitrogens is 2. The third-order valence-electron chi connectivity index (χ3n) is 5.92. The van der Waals surface area contributed by atoms with Crippen molar-refractivity contribution in [3.8, 4) is 0 Å². The Labute approximate surface area is 208 Å². The van der Waals surface area contributed by atoms with Crippen LogP contribution in [0, 0.1) is 0 Å². The second kappa shape index (κ2) is 10.8. The maximum absolute atomic E-state index is 12.4. The molecular weight excluding hydrogens is 452 g/mol. The molecule has 5 rings (SSSR count).